The summed E-state index contributed by atoms with van der Waals surface area (Å²) >= 11 is 3.44. The maximum atomic E-state index is 5.67. The van der Waals surface area contributed by atoms with Crippen LogP contribution in [0.15, 0.2) is 131 Å². The van der Waals surface area contributed by atoms with Crippen molar-refractivity contribution in [2.24, 2.45) is 0 Å². The number of nitrogens with zero attached hydrogens (tertiary/aromatic N) is 8. The van der Waals surface area contributed by atoms with Gasteiger partial charge in [-0.15, -0.1) is 22.7 Å². The topological polar surface area (TPSA) is 359 Å². The summed E-state index contributed by atoms with van der Waals surface area (Å²) in [5.41, 5.74) is 46.7. The molecule has 14 heterocycles. The van der Waals surface area contributed by atoms with Gasteiger partial charge in [-0.2, -0.15) is 0 Å². The molecule has 0 saturated heterocycles. The van der Waals surface area contributed by atoms with Crippen LogP contribution in [0.2, 0.25) is 0 Å². The molecular weight excluding hydrogens is 1010 g/mol. The Morgan fingerprint density at radius 3 is 1.64 bits per heavy atom. The zero-order valence-corrected chi connectivity index (χ0v) is 44.9. The SMILES string of the molecule is Cc1cc2c(N)nccc2[nH]1.Cc1cc2c(N)nccc2o1.Cc1cc2c(N)nccc2s1.Cc1cc2ccnc(N)c2[nH]1.Cc1cc2ccnc(N)c2o1.Cc1cc2ccnc(N)c2s1.Cc1nc2c(N)nccc2[nH]1. The fourth-order valence-electron chi connectivity index (χ4n) is 7.96. The lowest BCUT2D eigenvalue weighted by Crippen LogP contribution is -1.89. The number of imidazole rings is 1. The Labute approximate surface area is 449 Å². The molecule has 0 unspecified atom stereocenters. The third-order valence-electron chi connectivity index (χ3n) is 11.3. The van der Waals surface area contributed by atoms with Gasteiger partial charge in [0.05, 0.1) is 26.6 Å². The van der Waals surface area contributed by atoms with E-state index < -0.39 is 0 Å². The van der Waals surface area contributed by atoms with E-state index in [2.05, 4.69) is 80.8 Å². The number of aromatic amines is 3. The molecule has 17 N–H and O–H groups in total. The van der Waals surface area contributed by atoms with E-state index in [0.29, 0.717) is 46.3 Å². The molecular formula is C55H58N18O2S2. The van der Waals surface area contributed by atoms with Crippen LogP contribution in [0.25, 0.3) is 75.0 Å². The second-order valence-electron chi connectivity index (χ2n) is 17.5. The summed E-state index contributed by atoms with van der Waals surface area (Å²) in [7, 11) is 0. The number of nitrogen functional groups attached to an aromatic ring is 7. The van der Waals surface area contributed by atoms with Gasteiger partial charge in [0.2, 0.25) is 0 Å². The lowest BCUT2D eigenvalue weighted by molar-refractivity contribution is 0.578. The van der Waals surface area contributed by atoms with Crippen LogP contribution in [-0.4, -0.2) is 54.8 Å². The van der Waals surface area contributed by atoms with Crippen molar-refractivity contribution in [1.29, 1.82) is 0 Å². The Balaban J connectivity index is 0.000000119. The van der Waals surface area contributed by atoms with Crippen LogP contribution < -0.4 is 40.1 Å². The average Bonchev–Trinajstić information content (AvgIpc) is 4.27. The van der Waals surface area contributed by atoms with E-state index in [1.54, 1.807) is 72.1 Å². The molecule has 0 bridgehead atoms. The number of rotatable bonds is 0. The second-order valence-corrected chi connectivity index (χ2v) is 20.1. The van der Waals surface area contributed by atoms with Crippen molar-refractivity contribution in [2.45, 2.75) is 48.5 Å². The van der Waals surface area contributed by atoms with Crippen LogP contribution >= 0.6 is 22.7 Å². The lowest BCUT2D eigenvalue weighted by atomic mass is 10.3. The van der Waals surface area contributed by atoms with Crippen LogP contribution in [0.4, 0.5) is 40.7 Å². The second kappa shape index (κ2) is 23.6. The van der Waals surface area contributed by atoms with E-state index >= 15 is 0 Å². The fraction of sp³-hybridized carbons (Fsp3) is 0.127. The Morgan fingerprint density at radius 1 is 0.416 bits per heavy atom. The molecule has 392 valence electrons. The number of fused-ring (bicyclic) bond motifs is 7. The smallest absolute Gasteiger partial charge is 0.176 e. The molecule has 20 nitrogen and oxygen atoms in total. The number of thiophene rings is 2. The van der Waals surface area contributed by atoms with Gasteiger partial charge in [-0.1, -0.05) is 0 Å². The molecule has 0 aromatic carbocycles. The summed E-state index contributed by atoms with van der Waals surface area (Å²) in [5.74, 6) is 6.47. The highest BCUT2D eigenvalue weighted by Gasteiger charge is 2.07. The van der Waals surface area contributed by atoms with Gasteiger partial charge in [0.15, 0.2) is 17.2 Å². The number of hydrogen-bond donors (Lipinski definition) is 10. The van der Waals surface area contributed by atoms with Gasteiger partial charge in [-0.25, -0.2) is 39.9 Å². The number of aromatic nitrogens is 11. The lowest BCUT2D eigenvalue weighted by Gasteiger charge is -1.91. The number of hydrogen-bond acceptors (Lipinski definition) is 19. The first kappa shape index (κ1) is 53.5. The molecule has 0 aliphatic carbocycles. The monoisotopic (exact) mass is 1070 g/mol. The zero-order valence-electron chi connectivity index (χ0n) is 43.3. The predicted molar refractivity (Wildman–Crippen MR) is 317 cm³/mol. The summed E-state index contributed by atoms with van der Waals surface area (Å²) in [6, 6.07) is 25.4. The molecule has 14 aromatic rings. The van der Waals surface area contributed by atoms with E-state index in [0.717, 1.165) is 88.0 Å². The first-order valence-corrected chi connectivity index (χ1v) is 25.4. The van der Waals surface area contributed by atoms with Gasteiger partial charge in [-0.3, -0.25) is 0 Å². The Bertz CT molecular complexity index is 3510. The highest BCUT2D eigenvalue weighted by molar-refractivity contribution is 7.19. The average molecular weight is 1070 g/mol. The number of nitrogens with two attached hydrogens (primary N) is 7. The zero-order chi connectivity index (χ0) is 54.9. The molecule has 0 aliphatic heterocycles. The van der Waals surface area contributed by atoms with Gasteiger partial charge in [0.1, 0.15) is 57.5 Å². The molecule has 0 aliphatic rings. The van der Waals surface area contributed by atoms with Crippen LogP contribution in [-0.2, 0) is 0 Å². The molecule has 0 saturated carbocycles. The van der Waals surface area contributed by atoms with Gasteiger partial charge in [0.25, 0.3) is 0 Å². The van der Waals surface area contributed by atoms with Crippen LogP contribution in [0.5, 0.6) is 0 Å². The summed E-state index contributed by atoms with van der Waals surface area (Å²) in [5, 5.41) is 6.30. The highest BCUT2D eigenvalue weighted by atomic mass is 32.1. The normalized spacial score (nSPS) is 10.6. The number of nitrogens with one attached hydrogen (secondary N) is 3. The first-order chi connectivity index (χ1) is 36.9. The van der Waals surface area contributed by atoms with Gasteiger partial charge < -0.3 is 63.9 Å². The van der Waals surface area contributed by atoms with Crippen molar-refractivity contribution in [3.63, 3.8) is 0 Å². The number of H-pyrrole nitrogens is 3. The third-order valence-corrected chi connectivity index (χ3v) is 13.4. The summed E-state index contributed by atoms with van der Waals surface area (Å²) in [6.07, 6.45) is 11.9. The predicted octanol–water partition coefficient (Wildman–Crippen LogP) is 11.6. The Hall–Kier alpha value is -9.80. The molecule has 0 fully saturated rings. The van der Waals surface area contributed by atoms with Gasteiger partial charge >= 0.3 is 0 Å². The minimum absolute atomic E-state index is 0.454. The fourth-order valence-corrected chi connectivity index (χ4v) is 9.80. The first-order valence-electron chi connectivity index (χ1n) is 23.8. The highest BCUT2D eigenvalue weighted by Crippen LogP contribution is 2.29. The largest absolute Gasteiger partial charge is 0.461 e. The van der Waals surface area contributed by atoms with Crippen molar-refractivity contribution >= 4 is 138 Å². The van der Waals surface area contributed by atoms with Crippen LogP contribution in [0, 0.1) is 48.5 Å². The van der Waals surface area contributed by atoms with E-state index in [1.807, 2.05) is 95.3 Å². The standard InChI is InChI=1S/2C8H9N3.2C8H8N2O.2C8H8N2S.C7H8N4/c1-5-4-6-7(11-5)2-3-10-8(6)9;1-5-4-6-2-3-10-8(9)7(6)11-5;1-5-4-6-7(11-5)2-3-10-8(6)9;1-5-4-6-2-3-10-8(9)7(6)11-5;1-5-4-6-7(11-5)2-3-10-8(6)9;1-5-4-6-2-3-10-8(9)7(6)11-5;1-4-10-5-2-3-9-7(8)6(5)11-4/h2*2-4,11H,1H3,(H2,9,10);4*2-4H,1H3,(H2,9,10);2-3H,1H3,(H2,8,9)(H,10,11). The Morgan fingerprint density at radius 2 is 0.974 bits per heavy atom. The minimum Gasteiger partial charge on any atom is -0.461 e. The van der Waals surface area contributed by atoms with E-state index in [1.165, 1.54) is 19.8 Å². The van der Waals surface area contributed by atoms with E-state index in [-0.39, 0.29) is 0 Å². The molecule has 14 rings (SSSR count). The molecule has 22 heteroatoms. The summed E-state index contributed by atoms with van der Waals surface area (Å²) < 4.78 is 13.0. The molecule has 0 radical (unpaired) electrons. The molecule has 0 amide bonds. The molecule has 77 heavy (non-hydrogen) atoms. The molecule has 0 atom stereocenters. The quantitative estimate of drug-likeness (QED) is 0.0674. The third kappa shape index (κ3) is 13.1. The van der Waals surface area contributed by atoms with Crippen molar-refractivity contribution in [1.82, 2.24) is 54.8 Å². The number of anilines is 7. The minimum atomic E-state index is 0.454. The maximum absolute atomic E-state index is 5.67. The number of furan rings is 2. The maximum Gasteiger partial charge on any atom is 0.176 e. The van der Waals surface area contributed by atoms with Crippen molar-refractivity contribution in [2.75, 3.05) is 40.1 Å². The Kier molecular flexibility index (Phi) is 16.4. The summed E-state index contributed by atoms with van der Waals surface area (Å²) in [6.45, 7) is 13.8. The van der Waals surface area contributed by atoms with E-state index in [4.69, 9.17) is 49.0 Å². The van der Waals surface area contributed by atoms with E-state index in [9.17, 15) is 0 Å². The van der Waals surface area contributed by atoms with Crippen LogP contribution in [0.1, 0.15) is 38.5 Å². The van der Waals surface area contributed by atoms with Crippen LogP contribution in [0.3, 0.4) is 0 Å². The van der Waals surface area contributed by atoms with Crippen molar-refractivity contribution in [3.05, 3.63) is 161 Å². The van der Waals surface area contributed by atoms with Crippen molar-refractivity contribution in [3.8, 4) is 0 Å². The molecule has 0 spiro atoms. The number of aryl methyl sites for hydroxylation is 7. The van der Waals surface area contributed by atoms with Crippen molar-refractivity contribution < 1.29 is 8.83 Å². The number of pyridine rings is 7. The van der Waals surface area contributed by atoms with Gasteiger partial charge in [0, 0.05) is 90.8 Å². The summed E-state index contributed by atoms with van der Waals surface area (Å²) in [4.78, 5) is 43.8. The molecule has 14 aromatic heterocycles. The van der Waals surface area contributed by atoms with Gasteiger partial charge in [-0.05, 0) is 133 Å².